The molecule has 2 rings (SSSR count). The average Bonchev–Trinajstić information content (AvgIpc) is 2.89. The molecule has 0 radical (unpaired) electrons. The van der Waals surface area contributed by atoms with Crippen molar-refractivity contribution < 1.29 is 9.90 Å². The Bertz CT molecular complexity index is 419. The van der Waals surface area contributed by atoms with E-state index in [2.05, 4.69) is 9.88 Å². The zero-order valence-corrected chi connectivity index (χ0v) is 11.6. The van der Waals surface area contributed by atoms with Crippen LogP contribution in [-0.2, 0) is 17.8 Å². The second-order valence-corrected chi connectivity index (χ2v) is 5.82. The van der Waals surface area contributed by atoms with Crippen molar-refractivity contribution in [2.24, 2.45) is 0 Å². The highest BCUT2D eigenvalue weighted by atomic mass is 32.1. The third-order valence-corrected chi connectivity index (χ3v) is 3.93. The number of β-amino-alcohol motifs (C(OH)–C–C–N with tert-alkyl or cyclic N) is 1. The van der Waals surface area contributed by atoms with Crippen LogP contribution in [0.2, 0.25) is 0 Å². The van der Waals surface area contributed by atoms with Gasteiger partial charge in [-0.1, -0.05) is 0 Å². The molecule has 1 aliphatic rings. The summed E-state index contributed by atoms with van der Waals surface area (Å²) in [6.45, 7) is 2.41. The molecule has 18 heavy (non-hydrogen) atoms. The Balaban J connectivity index is 1.88. The van der Waals surface area contributed by atoms with Gasteiger partial charge in [0.05, 0.1) is 18.2 Å². The van der Waals surface area contributed by atoms with Gasteiger partial charge in [0.2, 0.25) is 5.91 Å². The quantitative estimate of drug-likeness (QED) is 0.856. The van der Waals surface area contributed by atoms with E-state index >= 15 is 0 Å². The van der Waals surface area contributed by atoms with Gasteiger partial charge >= 0.3 is 0 Å². The molecule has 0 unspecified atom stereocenters. The number of hydrogen-bond acceptors (Lipinski definition) is 5. The Hall–Kier alpha value is -0.980. The molecule has 0 bridgehead atoms. The number of carbonyl (C=O) groups is 1. The molecule has 100 valence electrons. The molecular formula is C12H19N3O2S. The van der Waals surface area contributed by atoms with E-state index in [0.717, 1.165) is 36.8 Å². The van der Waals surface area contributed by atoms with Crippen LogP contribution in [0.5, 0.6) is 0 Å². The number of amides is 1. The van der Waals surface area contributed by atoms with Crippen LogP contribution in [0.3, 0.4) is 0 Å². The molecule has 1 amide bonds. The van der Waals surface area contributed by atoms with E-state index in [0.29, 0.717) is 6.42 Å². The van der Waals surface area contributed by atoms with Crippen LogP contribution >= 0.6 is 11.3 Å². The van der Waals surface area contributed by atoms with Crippen molar-refractivity contribution in [3.8, 4) is 0 Å². The van der Waals surface area contributed by atoms with Crippen LogP contribution in [0.1, 0.15) is 17.1 Å². The van der Waals surface area contributed by atoms with Crippen molar-refractivity contribution in [2.45, 2.75) is 25.5 Å². The van der Waals surface area contributed by atoms with Gasteiger partial charge in [0, 0.05) is 39.1 Å². The molecule has 0 aromatic carbocycles. The third-order valence-electron chi connectivity index (χ3n) is 3.03. The first-order valence-electron chi connectivity index (χ1n) is 6.08. The first-order chi connectivity index (χ1) is 8.54. The smallest absolute Gasteiger partial charge is 0.228 e. The molecule has 1 saturated heterocycles. The van der Waals surface area contributed by atoms with E-state index in [1.165, 1.54) is 11.3 Å². The third kappa shape index (κ3) is 3.51. The molecule has 1 N–H and O–H groups in total. The van der Waals surface area contributed by atoms with Crippen LogP contribution in [0.4, 0.5) is 0 Å². The first-order valence-corrected chi connectivity index (χ1v) is 6.96. The lowest BCUT2D eigenvalue weighted by Gasteiger charge is -2.12. The molecule has 0 saturated carbocycles. The number of carbonyl (C=O) groups excluding carboxylic acids is 1. The zero-order valence-electron chi connectivity index (χ0n) is 10.8. The fourth-order valence-electron chi connectivity index (χ4n) is 1.98. The van der Waals surface area contributed by atoms with E-state index in [1.54, 1.807) is 19.0 Å². The number of likely N-dealkylation sites (N-methyl/N-ethyl adjacent to an activating group) is 1. The summed E-state index contributed by atoms with van der Waals surface area (Å²) in [6.07, 6.45) is 1.02. The predicted molar refractivity (Wildman–Crippen MR) is 70.4 cm³/mol. The maximum Gasteiger partial charge on any atom is 0.228 e. The van der Waals surface area contributed by atoms with E-state index in [1.807, 2.05) is 5.38 Å². The lowest BCUT2D eigenvalue weighted by Crippen LogP contribution is -2.23. The summed E-state index contributed by atoms with van der Waals surface area (Å²) in [5.41, 5.74) is 0.996. The summed E-state index contributed by atoms with van der Waals surface area (Å²) in [5.74, 6) is 0.0764. The van der Waals surface area contributed by atoms with Crippen LogP contribution in [0.25, 0.3) is 0 Å². The van der Waals surface area contributed by atoms with Gasteiger partial charge in [-0.15, -0.1) is 11.3 Å². The highest BCUT2D eigenvalue weighted by Gasteiger charge is 2.21. The van der Waals surface area contributed by atoms with Crippen LogP contribution in [-0.4, -0.2) is 59.1 Å². The van der Waals surface area contributed by atoms with Gasteiger partial charge in [0.15, 0.2) is 0 Å². The molecule has 6 heteroatoms. The van der Waals surface area contributed by atoms with Gasteiger partial charge < -0.3 is 10.0 Å². The van der Waals surface area contributed by atoms with Gasteiger partial charge in [-0.3, -0.25) is 9.69 Å². The standard InChI is InChI=1S/C12H19N3O2S/c1-14(2)12(17)5-11-13-9(8-18-11)6-15-4-3-10(16)7-15/h8,10,16H,3-7H2,1-2H3/t10-/m0/s1. The largest absolute Gasteiger partial charge is 0.392 e. The lowest BCUT2D eigenvalue weighted by atomic mass is 10.3. The van der Waals surface area contributed by atoms with Gasteiger partial charge in [-0.2, -0.15) is 0 Å². The fraction of sp³-hybridized carbons (Fsp3) is 0.667. The summed E-state index contributed by atoms with van der Waals surface area (Å²) in [6, 6.07) is 0. The molecule has 1 aromatic rings. The lowest BCUT2D eigenvalue weighted by molar-refractivity contribution is -0.127. The zero-order chi connectivity index (χ0) is 13.1. The van der Waals surface area contributed by atoms with Gasteiger partial charge in [0.1, 0.15) is 5.01 Å². The van der Waals surface area contributed by atoms with E-state index < -0.39 is 0 Å². The average molecular weight is 269 g/mol. The molecule has 1 aliphatic heterocycles. The molecule has 5 nitrogen and oxygen atoms in total. The summed E-state index contributed by atoms with van der Waals surface area (Å²) in [5, 5.41) is 12.3. The van der Waals surface area contributed by atoms with E-state index in [-0.39, 0.29) is 12.0 Å². The van der Waals surface area contributed by atoms with Crippen molar-refractivity contribution in [3.63, 3.8) is 0 Å². The van der Waals surface area contributed by atoms with E-state index in [4.69, 9.17) is 0 Å². The molecule has 1 fully saturated rings. The molecule has 1 aromatic heterocycles. The molecule has 2 heterocycles. The minimum atomic E-state index is -0.196. The topological polar surface area (TPSA) is 56.7 Å². The van der Waals surface area contributed by atoms with Gasteiger partial charge in [-0.25, -0.2) is 4.98 Å². The second-order valence-electron chi connectivity index (χ2n) is 4.88. The van der Waals surface area contributed by atoms with Gasteiger partial charge in [0.25, 0.3) is 0 Å². The maximum atomic E-state index is 11.6. The Morgan fingerprint density at radius 1 is 1.67 bits per heavy atom. The van der Waals surface area contributed by atoms with Crippen molar-refractivity contribution in [1.29, 1.82) is 0 Å². The summed E-state index contributed by atoms with van der Waals surface area (Å²) in [7, 11) is 3.50. The van der Waals surface area contributed by atoms with Crippen LogP contribution < -0.4 is 0 Å². The number of aromatic nitrogens is 1. The van der Waals surface area contributed by atoms with Gasteiger partial charge in [-0.05, 0) is 6.42 Å². The van der Waals surface area contributed by atoms with Crippen molar-refractivity contribution in [2.75, 3.05) is 27.2 Å². The number of aliphatic hydroxyl groups is 1. The minimum Gasteiger partial charge on any atom is -0.392 e. The number of likely N-dealkylation sites (tertiary alicyclic amines) is 1. The fourth-order valence-corrected chi connectivity index (χ4v) is 2.75. The molecular weight excluding hydrogens is 250 g/mol. The second kappa shape index (κ2) is 5.77. The first kappa shape index (κ1) is 13.5. The maximum absolute atomic E-state index is 11.6. The molecule has 1 atom stereocenters. The van der Waals surface area contributed by atoms with E-state index in [9.17, 15) is 9.90 Å². The van der Waals surface area contributed by atoms with Crippen LogP contribution in [0, 0.1) is 0 Å². The Morgan fingerprint density at radius 2 is 2.44 bits per heavy atom. The van der Waals surface area contributed by atoms with Crippen molar-refractivity contribution in [1.82, 2.24) is 14.8 Å². The summed E-state index contributed by atoms with van der Waals surface area (Å²) >= 11 is 1.53. The van der Waals surface area contributed by atoms with Crippen molar-refractivity contribution in [3.05, 3.63) is 16.1 Å². The Kier molecular flexibility index (Phi) is 4.31. The highest BCUT2D eigenvalue weighted by molar-refractivity contribution is 7.09. The van der Waals surface area contributed by atoms with Crippen molar-refractivity contribution >= 4 is 17.2 Å². The predicted octanol–water partition coefficient (Wildman–Crippen LogP) is 0.340. The van der Waals surface area contributed by atoms with Crippen LogP contribution in [0.15, 0.2) is 5.38 Å². The normalized spacial score (nSPS) is 20.3. The Morgan fingerprint density at radius 3 is 3.06 bits per heavy atom. The summed E-state index contributed by atoms with van der Waals surface area (Å²) < 4.78 is 0. The SMILES string of the molecule is CN(C)C(=O)Cc1nc(CN2CC[C@H](O)C2)cs1. The molecule has 0 spiro atoms. The number of thiazole rings is 1. The monoisotopic (exact) mass is 269 g/mol. The number of hydrogen-bond donors (Lipinski definition) is 1. The number of rotatable bonds is 4. The Labute approximate surface area is 111 Å². The number of nitrogens with zero attached hydrogens (tertiary/aromatic N) is 3. The minimum absolute atomic E-state index is 0.0764. The highest BCUT2D eigenvalue weighted by Crippen LogP contribution is 2.16. The summed E-state index contributed by atoms with van der Waals surface area (Å²) in [4.78, 5) is 19.8. The number of aliphatic hydroxyl groups excluding tert-OH is 1. The molecule has 0 aliphatic carbocycles.